The van der Waals surface area contributed by atoms with Gasteiger partial charge in [-0.1, -0.05) is 53.3 Å². The van der Waals surface area contributed by atoms with Gasteiger partial charge in [0.25, 0.3) is 11.5 Å². The van der Waals surface area contributed by atoms with Crippen LogP contribution in [0.2, 0.25) is 0 Å². The maximum atomic E-state index is 13.2. The fourth-order valence-corrected chi connectivity index (χ4v) is 4.95. The van der Waals surface area contributed by atoms with Crippen molar-refractivity contribution in [2.75, 3.05) is 4.90 Å². The predicted octanol–water partition coefficient (Wildman–Crippen LogP) is 5.14. The Labute approximate surface area is 197 Å². The minimum absolute atomic E-state index is 0.0954. The molecule has 0 saturated carbocycles. The van der Waals surface area contributed by atoms with E-state index in [1.54, 1.807) is 30.3 Å². The molecule has 34 heavy (non-hydrogen) atoms. The zero-order chi connectivity index (χ0) is 24.0. The predicted molar refractivity (Wildman–Crippen MR) is 129 cm³/mol. The van der Waals surface area contributed by atoms with Gasteiger partial charge in [0.2, 0.25) is 0 Å². The number of hydrogen-bond donors (Lipinski definition) is 1. The number of nitro benzene ring substituents is 1. The first-order valence-corrected chi connectivity index (χ1v) is 11.1. The lowest BCUT2D eigenvalue weighted by Crippen LogP contribution is -2.29. The van der Waals surface area contributed by atoms with Gasteiger partial charge in [-0.2, -0.15) is 0 Å². The molecule has 1 amide bonds. The Morgan fingerprint density at radius 3 is 2.35 bits per heavy atom. The normalized spacial score (nSPS) is 17.4. The third-order valence-electron chi connectivity index (χ3n) is 5.68. The number of thiazole rings is 1. The fraction of sp³-hybridized carbons (Fsp3) is 0.0800. The van der Waals surface area contributed by atoms with Crippen molar-refractivity contribution in [3.8, 4) is 0 Å². The molecule has 168 valence electrons. The summed E-state index contributed by atoms with van der Waals surface area (Å²) < 4.78 is 0.834. The van der Waals surface area contributed by atoms with Crippen molar-refractivity contribution in [3.63, 3.8) is 0 Å². The number of ketones is 1. The standard InChI is InChI=1S/C25H17N3O5S/c1-14-6-8-16(9-7-14)22(29)20-21(15-10-12-17(13-11-15)28(32)33)27(24(31)23(20)30)25-26-18-4-2-3-5-19(18)34-25/h2-13,21,29H,1H3/b22-20-. The number of para-hydroxylation sites is 1. The van der Waals surface area contributed by atoms with Crippen molar-refractivity contribution in [2.45, 2.75) is 13.0 Å². The zero-order valence-electron chi connectivity index (χ0n) is 17.8. The summed E-state index contributed by atoms with van der Waals surface area (Å²) in [5.74, 6) is -1.98. The van der Waals surface area contributed by atoms with E-state index in [-0.39, 0.29) is 17.0 Å². The van der Waals surface area contributed by atoms with Gasteiger partial charge in [0.05, 0.1) is 26.8 Å². The molecule has 0 radical (unpaired) electrons. The van der Waals surface area contributed by atoms with Gasteiger partial charge in [-0.25, -0.2) is 4.98 Å². The Kier molecular flexibility index (Phi) is 5.18. The Morgan fingerprint density at radius 1 is 1.03 bits per heavy atom. The fourth-order valence-electron chi connectivity index (χ4n) is 3.95. The summed E-state index contributed by atoms with van der Waals surface area (Å²) in [6, 6.07) is 18.8. The van der Waals surface area contributed by atoms with Gasteiger partial charge >= 0.3 is 5.91 Å². The Balaban J connectivity index is 1.72. The van der Waals surface area contributed by atoms with Gasteiger partial charge in [-0.15, -0.1) is 0 Å². The highest BCUT2D eigenvalue weighted by molar-refractivity contribution is 7.22. The summed E-state index contributed by atoms with van der Waals surface area (Å²) in [4.78, 5) is 42.8. The van der Waals surface area contributed by atoms with E-state index in [0.717, 1.165) is 10.3 Å². The monoisotopic (exact) mass is 471 g/mol. The van der Waals surface area contributed by atoms with Crippen molar-refractivity contribution in [2.24, 2.45) is 0 Å². The quantitative estimate of drug-likeness (QED) is 0.145. The van der Waals surface area contributed by atoms with Crippen LogP contribution in [0.15, 0.2) is 78.4 Å². The molecule has 1 saturated heterocycles. The van der Waals surface area contributed by atoms with Crippen LogP contribution in [0, 0.1) is 17.0 Å². The van der Waals surface area contributed by atoms with Crippen molar-refractivity contribution in [1.82, 2.24) is 4.98 Å². The molecule has 0 bridgehead atoms. The molecule has 1 aromatic heterocycles. The molecular weight excluding hydrogens is 454 g/mol. The first-order valence-electron chi connectivity index (χ1n) is 10.3. The van der Waals surface area contributed by atoms with Crippen LogP contribution in [-0.4, -0.2) is 26.7 Å². The van der Waals surface area contributed by atoms with Crippen molar-refractivity contribution < 1.29 is 19.6 Å². The average Bonchev–Trinajstić information content (AvgIpc) is 3.37. The van der Waals surface area contributed by atoms with Gasteiger partial charge in [0.15, 0.2) is 5.13 Å². The van der Waals surface area contributed by atoms with E-state index < -0.39 is 22.7 Å². The summed E-state index contributed by atoms with van der Waals surface area (Å²) in [7, 11) is 0. The second-order valence-corrected chi connectivity index (χ2v) is 8.86. The van der Waals surface area contributed by atoms with E-state index in [4.69, 9.17) is 0 Å². The highest BCUT2D eigenvalue weighted by Crippen LogP contribution is 2.44. The molecule has 4 aromatic rings. The van der Waals surface area contributed by atoms with Crippen LogP contribution in [0.3, 0.4) is 0 Å². The highest BCUT2D eigenvalue weighted by atomic mass is 32.1. The van der Waals surface area contributed by atoms with E-state index in [2.05, 4.69) is 4.98 Å². The summed E-state index contributed by atoms with van der Waals surface area (Å²) in [5.41, 5.74) is 2.25. The number of non-ortho nitro benzene ring substituents is 1. The van der Waals surface area contributed by atoms with Crippen molar-refractivity contribution in [3.05, 3.63) is 105 Å². The van der Waals surface area contributed by atoms with E-state index in [9.17, 15) is 24.8 Å². The molecular formula is C25H17N3O5S. The number of aliphatic hydroxyl groups is 1. The number of anilines is 1. The molecule has 1 aliphatic rings. The van der Waals surface area contributed by atoms with E-state index in [1.165, 1.54) is 40.5 Å². The van der Waals surface area contributed by atoms with Gasteiger partial charge < -0.3 is 5.11 Å². The molecule has 8 nitrogen and oxygen atoms in total. The summed E-state index contributed by atoms with van der Waals surface area (Å²) >= 11 is 1.25. The number of carbonyl (C=O) groups is 2. The van der Waals surface area contributed by atoms with E-state index >= 15 is 0 Å². The number of nitro groups is 1. The lowest BCUT2D eigenvalue weighted by molar-refractivity contribution is -0.384. The van der Waals surface area contributed by atoms with Gasteiger partial charge in [0.1, 0.15) is 5.76 Å². The van der Waals surface area contributed by atoms with Gasteiger partial charge in [0, 0.05) is 17.7 Å². The maximum absolute atomic E-state index is 13.2. The van der Waals surface area contributed by atoms with Crippen LogP contribution in [0.1, 0.15) is 22.7 Å². The molecule has 1 N–H and O–H groups in total. The number of Topliss-reactive ketones (excluding diaryl/α,β-unsaturated/α-hetero) is 1. The third-order valence-corrected chi connectivity index (χ3v) is 6.71. The SMILES string of the molecule is Cc1ccc(/C(O)=C2/C(=O)C(=O)N(c3nc4ccccc4s3)C2c2ccc([N+](=O)[O-])cc2)cc1. The first-order chi connectivity index (χ1) is 16.3. The van der Waals surface area contributed by atoms with Crippen LogP contribution in [0.25, 0.3) is 16.0 Å². The third kappa shape index (κ3) is 3.52. The number of rotatable bonds is 4. The molecule has 3 aromatic carbocycles. The molecule has 9 heteroatoms. The Morgan fingerprint density at radius 2 is 1.71 bits per heavy atom. The van der Waals surface area contributed by atoms with Crippen LogP contribution >= 0.6 is 11.3 Å². The largest absolute Gasteiger partial charge is 0.507 e. The van der Waals surface area contributed by atoms with Crippen molar-refractivity contribution >= 4 is 49.8 Å². The topological polar surface area (TPSA) is 114 Å². The van der Waals surface area contributed by atoms with Gasteiger partial charge in [-0.3, -0.25) is 24.6 Å². The zero-order valence-corrected chi connectivity index (χ0v) is 18.7. The van der Waals surface area contributed by atoms with E-state index in [1.807, 2.05) is 25.1 Å². The lowest BCUT2D eigenvalue weighted by Gasteiger charge is -2.22. The minimum atomic E-state index is -0.998. The second kappa shape index (κ2) is 8.20. The number of amides is 1. The molecule has 1 atom stereocenters. The Hall–Kier alpha value is -4.37. The van der Waals surface area contributed by atoms with Crippen LogP contribution in [-0.2, 0) is 9.59 Å². The second-order valence-electron chi connectivity index (χ2n) is 7.85. The van der Waals surface area contributed by atoms with Crippen LogP contribution < -0.4 is 4.90 Å². The van der Waals surface area contributed by atoms with Crippen LogP contribution in [0.4, 0.5) is 10.8 Å². The van der Waals surface area contributed by atoms with Gasteiger partial charge in [-0.05, 0) is 36.8 Å². The Bertz CT molecular complexity index is 1460. The number of benzene rings is 3. The summed E-state index contributed by atoms with van der Waals surface area (Å²) in [5, 5.41) is 22.6. The average molecular weight is 471 g/mol. The summed E-state index contributed by atoms with van der Waals surface area (Å²) in [6.07, 6.45) is 0. The number of aryl methyl sites for hydroxylation is 1. The first kappa shape index (κ1) is 21.5. The summed E-state index contributed by atoms with van der Waals surface area (Å²) in [6.45, 7) is 1.90. The molecule has 1 aliphatic heterocycles. The molecule has 1 unspecified atom stereocenters. The number of fused-ring (bicyclic) bond motifs is 1. The maximum Gasteiger partial charge on any atom is 0.301 e. The smallest absolute Gasteiger partial charge is 0.301 e. The number of nitrogens with zero attached hydrogens (tertiary/aromatic N) is 3. The molecule has 1 fully saturated rings. The molecule has 2 heterocycles. The lowest BCUT2D eigenvalue weighted by atomic mass is 9.95. The van der Waals surface area contributed by atoms with Crippen LogP contribution in [0.5, 0.6) is 0 Å². The number of aliphatic hydroxyl groups excluding tert-OH is 1. The highest BCUT2D eigenvalue weighted by Gasteiger charge is 2.48. The minimum Gasteiger partial charge on any atom is -0.507 e. The molecule has 0 spiro atoms. The van der Waals surface area contributed by atoms with E-state index in [0.29, 0.717) is 21.8 Å². The number of aromatic nitrogens is 1. The molecule has 5 rings (SSSR count). The number of carbonyl (C=O) groups excluding carboxylic acids is 2. The number of hydrogen-bond acceptors (Lipinski definition) is 7. The molecule has 0 aliphatic carbocycles. The van der Waals surface area contributed by atoms with Crippen molar-refractivity contribution in [1.29, 1.82) is 0 Å².